The van der Waals surface area contributed by atoms with Crippen molar-refractivity contribution in [1.29, 1.82) is 5.26 Å². The second-order valence-electron chi connectivity index (χ2n) is 8.21. The second-order valence-corrected chi connectivity index (χ2v) is 8.21. The summed E-state index contributed by atoms with van der Waals surface area (Å²) in [6.45, 7) is 6.84. The standard InChI is InChI=1S/C23H23N5O4/c1-13(26-22(31)32-23(2,3)4)20-27-18-15(12-24)8-6-10-17(18)21(30)28(20)16-9-5-7-14(11-16)19(25)29/h5-11,13H,1-4H3,(H2,25,29)(H,26,31)/t13-/m0/s1. The molecule has 0 saturated carbocycles. The fourth-order valence-corrected chi connectivity index (χ4v) is 3.20. The van der Waals surface area contributed by atoms with Gasteiger partial charge in [-0.05, 0) is 58.0 Å². The lowest BCUT2D eigenvalue weighted by atomic mass is 10.1. The van der Waals surface area contributed by atoms with E-state index >= 15 is 0 Å². The second kappa shape index (κ2) is 8.51. The van der Waals surface area contributed by atoms with Crippen LogP contribution in [0.3, 0.4) is 0 Å². The highest BCUT2D eigenvalue weighted by atomic mass is 16.6. The third-order valence-electron chi connectivity index (χ3n) is 4.55. The Morgan fingerprint density at radius 3 is 2.53 bits per heavy atom. The molecular weight excluding hydrogens is 410 g/mol. The molecule has 0 aliphatic heterocycles. The van der Waals surface area contributed by atoms with Crippen molar-refractivity contribution in [2.45, 2.75) is 39.3 Å². The predicted molar refractivity (Wildman–Crippen MR) is 118 cm³/mol. The van der Waals surface area contributed by atoms with Crippen molar-refractivity contribution in [1.82, 2.24) is 14.9 Å². The summed E-state index contributed by atoms with van der Waals surface area (Å²) in [7, 11) is 0. The monoisotopic (exact) mass is 433 g/mol. The van der Waals surface area contributed by atoms with Crippen LogP contribution in [0.25, 0.3) is 16.6 Å². The number of rotatable bonds is 4. The third kappa shape index (κ3) is 4.59. The minimum Gasteiger partial charge on any atom is -0.444 e. The lowest BCUT2D eigenvalue weighted by Gasteiger charge is -2.23. The fourth-order valence-electron chi connectivity index (χ4n) is 3.20. The first-order chi connectivity index (χ1) is 15.0. The molecule has 32 heavy (non-hydrogen) atoms. The summed E-state index contributed by atoms with van der Waals surface area (Å²) in [6.07, 6.45) is -0.689. The first-order valence-corrected chi connectivity index (χ1v) is 9.87. The lowest BCUT2D eigenvalue weighted by molar-refractivity contribution is 0.0505. The number of fused-ring (bicyclic) bond motifs is 1. The smallest absolute Gasteiger partial charge is 0.408 e. The zero-order valence-corrected chi connectivity index (χ0v) is 18.2. The number of nitriles is 1. The molecule has 9 nitrogen and oxygen atoms in total. The highest BCUT2D eigenvalue weighted by molar-refractivity contribution is 5.93. The number of para-hydroxylation sites is 1. The molecular formula is C23H23N5O4. The Morgan fingerprint density at radius 1 is 1.22 bits per heavy atom. The minimum absolute atomic E-state index is 0.165. The van der Waals surface area contributed by atoms with Crippen molar-refractivity contribution in [3.05, 3.63) is 69.8 Å². The van der Waals surface area contributed by atoms with E-state index in [0.717, 1.165) is 0 Å². The molecule has 0 radical (unpaired) electrons. The molecule has 164 valence electrons. The largest absolute Gasteiger partial charge is 0.444 e. The number of carbonyl (C=O) groups excluding carboxylic acids is 2. The van der Waals surface area contributed by atoms with Crippen molar-refractivity contribution in [3.63, 3.8) is 0 Å². The SMILES string of the molecule is C[C@H](NC(=O)OC(C)(C)C)c1nc2c(C#N)cccc2c(=O)n1-c1cccc(C(N)=O)c1. The van der Waals surface area contributed by atoms with Gasteiger partial charge in [0.25, 0.3) is 5.56 Å². The number of ether oxygens (including phenoxy) is 1. The Morgan fingerprint density at radius 2 is 1.91 bits per heavy atom. The summed E-state index contributed by atoms with van der Waals surface area (Å²) in [5.41, 5.74) is 5.22. The van der Waals surface area contributed by atoms with Crippen LogP contribution in [-0.4, -0.2) is 27.2 Å². The quantitative estimate of drug-likeness (QED) is 0.648. The van der Waals surface area contributed by atoms with Gasteiger partial charge in [-0.25, -0.2) is 9.78 Å². The van der Waals surface area contributed by atoms with E-state index in [1.807, 2.05) is 6.07 Å². The van der Waals surface area contributed by atoms with Gasteiger partial charge in [0.15, 0.2) is 0 Å². The average molecular weight is 433 g/mol. The maximum Gasteiger partial charge on any atom is 0.408 e. The van der Waals surface area contributed by atoms with Crippen LogP contribution in [-0.2, 0) is 4.74 Å². The molecule has 9 heteroatoms. The predicted octanol–water partition coefficient (Wildman–Crippen LogP) is 2.94. The van der Waals surface area contributed by atoms with Crippen molar-refractivity contribution in [2.24, 2.45) is 5.73 Å². The molecule has 3 aromatic rings. The van der Waals surface area contributed by atoms with E-state index in [-0.39, 0.29) is 27.9 Å². The van der Waals surface area contributed by atoms with Crippen LogP contribution in [0.4, 0.5) is 4.79 Å². The molecule has 1 heterocycles. The van der Waals surface area contributed by atoms with E-state index in [0.29, 0.717) is 5.69 Å². The van der Waals surface area contributed by atoms with Gasteiger partial charge in [0.2, 0.25) is 5.91 Å². The maximum absolute atomic E-state index is 13.5. The number of amides is 2. The molecule has 2 amide bonds. The number of carbonyl (C=O) groups is 2. The minimum atomic E-state index is -0.772. The summed E-state index contributed by atoms with van der Waals surface area (Å²) in [5.74, 6) is -0.487. The van der Waals surface area contributed by atoms with Gasteiger partial charge >= 0.3 is 6.09 Å². The fraction of sp³-hybridized carbons (Fsp3) is 0.261. The molecule has 0 aliphatic carbocycles. The molecule has 0 aliphatic rings. The van der Waals surface area contributed by atoms with E-state index in [4.69, 9.17) is 10.5 Å². The molecule has 2 aromatic carbocycles. The molecule has 3 rings (SSSR count). The van der Waals surface area contributed by atoms with Gasteiger partial charge in [-0.2, -0.15) is 5.26 Å². The Labute approximate surface area is 184 Å². The van der Waals surface area contributed by atoms with Gasteiger partial charge in [-0.3, -0.25) is 14.2 Å². The third-order valence-corrected chi connectivity index (χ3v) is 4.55. The summed E-state index contributed by atoms with van der Waals surface area (Å²) in [4.78, 5) is 42.0. The van der Waals surface area contributed by atoms with Crippen LogP contribution in [0.15, 0.2) is 47.3 Å². The van der Waals surface area contributed by atoms with Crippen LogP contribution in [0.5, 0.6) is 0 Å². The number of nitrogens with zero attached hydrogens (tertiary/aromatic N) is 3. The number of aromatic nitrogens is 2. The normalized spacial score (nSPS) is 12.1. The Hall–Kier alpha value is -4.19. The lowest BCUT2D eigenvalue weighted by Crippen LogP contribution is -2.37. The first kappa shape index (κ1) is 22.5. The number of primary amides is 1. The molecule has 1 aromatic heterocycles. The van der Waals surface area contributed by atoms with Crippen LogP contribution in [0.2, 0.25) is 0 Å². The molecule has 1 atom stereocenters. The van der Waals surface area contributed by atoms with Gasteiger partial charge in [0.05, 0.1) is 28.2 Å². The first-order valence-electron chi connectivity index (χ1n) is 9.87. The average Bonchev–Trinajstić information content (AvgIpc) is 2.71. The van der Waals surface area contributed by atoms with Gasteiger partial charge in [0.1, 0.15) is 17.5 Å². The summed E-state index contributed by atoms with van der Waals surface area (Å²) >= 11 is 0. The molecule has 3 N–H and O–H groups in total. The topological polar surface area (TPSA) is 140 Å². The zero-order valence-electron chi connectivity index (χ0n) is 18.2. The van der Waals surface area contributed by atoms with Crippen LogP contribution >= 0.6 is 0 Å². The van der Waals surface area contributed by atoms with Crippen LogP contribution in [0.1, 0.15) is 55.5 Å². The van der Waals surface area contributed by atoms with Gasteiger partial charge < -0.3 is 15.8 Å². The number of hydrogen-bond acceptors (Lipinski definition) is 6. The van der Waals surface area contributed by atoms with Crippen molar-refractivity contribution < 1.29 is 14.3 Å². The van der Waals surface area contributed by atoms with Gasteiger partial charge in [-0.1, -0.05) is 12.1 Å². The Kier molecular flexibility index (Phi) is 5.98. The maximum atomic E-state index is 13.5. The zero-order chi connectivity index (χ0) is 23.6. The number of nitrogens with two attached hydrogens (primary N) is 1. The number of nitrogens with one attached hydrogen (secondary N) is 1. The molecule has 0 unspecified atom stereocenters. The Balaban J connectivity index is 2.25. The summed E-state index contributed by atoms with van der Waals surface area (Å²) in [6, 6.07) is 12.2. The van der Waals surface area contributed by atoms with Crippen molar-refractivity contribution >= 4 is 22.9 Å². The number of alkyl carbamates (subject to hydrolysis) is 1. The Bertz CT molecular complexity index is 1310. The summed E-state index contributed by atoms with van der Waals surface area (Å²) < 4.78 is 6.60. The molecule has 0 saturated heterocycles. The molecule has 0 bridgehead atoms. The highest BCUT2D eigenvalue weighted by Gasteiger charge is 2.23. The van der Waals surface area contributed by atoms with Gasteiger partial charge in [-0.15, -0.1) is 0 Å². The van der Waals surface area contributed by atoms with E-state index in [9.17, 15) is 19.6 Å². The van der Waals surface area contributed by atoms with E-state index < -0.39 is 29.2 Å². The van der Waals surface area contributed by atoms with Crippen LogP contribution < -0.4 is 16.6 Å². The van der Waals surface area contributed by atoms with E-state index in [1.165, 1.54) is 16.7 Å². The number of hydrogen-bond donors (Lipinski definition) is 2. The summed E-state index contributed by atoms with van der Waals surface area (Å²) in [5, 5.41) is 12.4. The van der Waals surface area contributed by atoms with Crippen molar-refractivity contribution in [2.75, 3.05) is 0 Å². The van der Waals surface area contributed by atoms with Crippen molar-refractivity contribution in [3.8, 4) is 11.8 Å². The van der Waals surface area contributed by atoms with E-state index in [2.05, 4.69) is 10.3 Å². The molecule has 0 spiro atoms. The molecule has 0 fully saturated rings. The highest BCUT2D eigenvalue weighted by Crippen LogP contribution is 2.21. The van der Waals surface area contributed by atoms with Gasteiger partial charge in [0, 0.05) is 5.56 Å². The van der Waals surface area contributed by atoms with Crippen LogP contribution in [0, 0.1) is 11.3 Å². The van der Waals surface area contributed by atoms with E-state index in [1.54, 1.807) is 58.0 Å². The number of benzene rings is 2.